The minimum atomic E-state index is -0.192. The summed E-state index contributed by atoms with van der Waals surface area (Å²) in [6, 6.07) is 32.3. The molecule has 0 unspecified atom stereocenters. The molecule has 2 heterocycles. The van der Waals surface area contributed by atoms with Crippen molar-refractivity contribution in [3.63, 3.8) is 0 Å². The summed E-state index contributed by atoms with van der Waals surface area (Å²) in [4.78, 5) is 16.5. The molecule has 2 aromatic heterocycles. The van der Waals surface area contributed by atoms with Crippen molar-refractivity contribution in [1.29, 1.82) is 0 Å². The first-order valence-electron chi connectivity index (χ1n) is 13.2. The van der Waals surface area contributed by atoms with Crippen molar-refractivity contribution in [3.05, 3.63) is 126 Å². The van der Waals surface area contributed by atoms with Crippen LogP contribution in [0.25, 0.3) is 22.4 Å². The first kappa shape index (κ1) is 25.9. The molecular weight excluding hydrogens is 486 g/mol. The summed E-state index contributed by atoms with van der Waals surface area (Å²) >= 11 is 0. The van der Waals surface area contributed by atoms with E-state index in [1.165, 1.54) is 0 Å². The van der Waals surface area contributed by atoms with Gasteiger partial charge in [-0.3, -0.25) is 14.5 Å². The molecule has 6 heteroatoms. The SMILES string of the molecule is CCOC(=O)CCc1cn(Cc2ccc(OCc3ccc(-c4ccccc4)cn3)cc2)nc1-c1ccccc1. The van der Waals surface area contributed by atoms with Crippen LogP contribution in [-0.4, -0.2) is 27.3 Å². The normalized spacial score (nSPS) is 10.8. The molecular formula is C33H31N3O3. The number of nitrogens with zero attached hydrogens (tertiary/aromatic N) is 3. The molecule has 39 heavy (non-hydrogen) atoms. The summed E-state index contributed by atoms with van der Waals surface area (Å²) in [6.45, 7) is 3.22. The Balaban J connectivity index is 1.21. The van der Waals surface area contributed by atoms with Crippen molar-refractivity contribution in [3.8, 4) is 28.1 Å². The fourth-order valence-corrected chi connectivity index (χ4v) is 4.38. The third kappa shape index (κ3) is 6.99. The lowest BCUT2D eigenvalue weighted by Gasteiger charge is -2.08. The predicted molar refractivity (Wildman–Crippen MR) is 152 cm³/mol. The molecule has 0 aliphatic carbocycles. The monoisotopic (exact) mass is 517 g/mol. The lowest BCUT2D eigenvalue weighted by Crippen LogP contribution is -2.05. The number of aryl methyl sites for hydroxylation is 1. The van der Waals surface area contributed by atoms with Gasteiger partial charge in [-0.1, -0.05) is 78.9 Å². The van der Waals surface area contributed by atoms with Gasteiger partial charge in [0.15, 0.2) is 0 Å². The number of carbonyl (C=O) groups is 1. The Bertz CT molecular complexity index is 1480. The number of benzene rings is 3. The summed E-state index contributed by atoms with van der Waals surface area (Å²) < 4.78 is 13.0. The van der Waals surface area contributed by atoms with Gasteiger partial charge in [0.1, 0.15) is 12.4 Å². The van der Waals surface area contributed by atoms with Crippen LogP contribution in [-0.2, 0) is 29.1 Å². The van der Waals surface area contributed by atoms with Crippen molar-refractivity contribution < 1.29 is 14.3 Å². The van der Waals surface area contributed by atoms with Crippen LogP contribution in [0, 0.1) is 0 Å². The highest BCUT2D eigenvalue weighted by atomic mass is 16.5. The maximum Gasteiger partial charge on any atom is 0.306 e. The largest absolute Gasteiger partial charge is 0.487 e. The maximum atomic E-state index is 11.9. The number of carbonyl (C=O) groups excluding carboxylic acids is 1. The zero-order valence-electron chi connectivity index (χ0n) is 22.0. The van der Waals surface area contributed by atoms with Crippen molar-refractivity contribution >= 4 is 5.97 Å². The van der Waals surface area contributed by atoms with Crippen LogP contribution in [0.15, 0.2) is 109 Å². The van der Waals surface area contributed by atoms with Crippen LogP contribution in [0.5, 0.6) is 5.75 Å². The van der Waals surface area contributed by atoms with E-state index >= 15 is 0 Å². The number of hydrogen-bond donors (Lipinski definition) is 0. The van der Waals surface area contributed by atoms with Crippen molar-refractivity contribution in [2.75, 3.05) is 6.61 Å². The number of rotatable bonds is 11. The summed E-state index contributed by atoms with van der Waals surface area (Å²) in [5.41, 5.74) is 7.16. The van der Waals surface area contributed by atoms with E-state index in [4.69, 9.17) is 14.6 Å². The first-order valence-corrected chi connectivity index (χ1v) is 13.2. The van der Waals surface area contributed by atoms with Crippen molar-refractivity contribution in [2.24, 2.45) is 0 Å². The zero-order chi connectivity index (χ0) is 26.9. The van der Waals surface area contributed by atoms with Gasteiger partial charge in [-0.25, -0.2) is 0 Å². The zero-order valence-corrected chi connectivity index (χ0v) is 22.0. The minimum Gasteiger partial charge on any atom is -0.487 e. The molecule has 6 nitrogen and oxygen atoms in total. The van der Waals surface area contributed by atoms with E-state index in [1.807, 2.05) is 103 Å². The average Bonchev–Trinajstić information content (AvgIpc) is 3.39. The summed E-state index contributed by atoms with van der Waals surface area (Å²) in [5.74, 6) is 0.593. The second kappa shape index (κ2) is 12.7. The standard InChI is InChI=1S/C33H31N3O3/c1-2-38-32(37)20-16-29-23-36(35-33(29)27-11-7-4-8-12-27)22-25-13-18-31(19-14-25)39-24-30-17-15-28(21-34-30)26-9-5-3-6-10-26/h3-15,17-19,21,23H,2,16,20,22,24H2,1H3. The van der Waals surface area contributed by atoms with Crippen LogP contribution < -0.4 is 4.74 Å². The highest BCUT2D eigenvalue weighted by Crippen LogP contribution is 2.24. The van der Waals surface area contributed by atoms with Crippen LogP contribution in [0.2, 0.25) is 0 Å². The van der Waals surface area contributed by atoms with Crippen molar-refractivity contribution in [1.82, 2.24) is 14.8 Å². The molecule has 0 bridgehead atoms. The molecule has 0 N–H and O–H groups in total. The van der Waals surface area contributed by atoms with Gasteiger partial charge >= 0.3 is 5.97 Å². The van der Waals surface area contributed by atoms with Gasteiger partial charge in [0.2, 0.25) is 0 Å². The Hall–Kier alpha value is -4.71. The molecule has 0 saturated heterocycles. The van der Waals surface area contributed by atoms with E-state index in [0.717, 1.165) is 45.0 Å². The lowest BCUT2D eigenvalue weighted by atomic mass is 10.0. The molecule has 0 fully saturated rings. The lowest BCUT2D eigenvalue weighted by molar-refractivity contribution is -0.143. The van der Waals surface area contributed by atoms with Gasteiger partial charge in [-0.15, -0.1) is 0 Å². The fourth-order valence-electron chi connectivity index (χ4n) is 4.38. The number of pyridine rings is 1. The Morgan fingerprint density at radius 2 is 1.54 bits per heavy atom. The highest BCUT2D eigenvalue weighted by molar-refractivity contribution is 5.71. The van der Waals surface area contributed by atoms with E-state index < -0.39 is 0 Å². The molecule has 0 atom stereocenters. The van der Waals surface area contributed by atoms with Crippen molar-refractivity contribution in [2.45, 2.75) is 32.9 Å². The van der Waals surface area contributed by atoms with Gasteiger partial charge in [0.25, 0.3) is 0 Å². The van der Waals surface area contributed by atoms with E-state index in [9.17, 15) is 4.79 Å². The van der Waals surface area contributed by atoms with E-state index in [-0.39, 0.29) is 5.97 Å². The Morgan fingerprint density at radius 1 is 0.821 bits per heavy atom. The molecule has 0 amide bonds. The first-order chi connectivity index (χ1) is 19.2. The second-order valence-corrected chi connectivity index (χ2v) is 9.21. The van der Waals surface area contributed by atoms with Gasteiger partial charge in [0, 0.05) is 29.9 Å². The van der Waals surface area contributed by atoms with Crippen LogP contribution in [0.1, 0.15) is 30.2 Å². The molecule has 5 rings (SSSR count). The Labute approximate surface area is 228 Å². The average molecular weight is 518 g/mol. The number of hydrogen-bond acceptors (Lipinski definition) is 5. The molecule has 0 aliphatic heterocycles. The van der Waals surface area contributed by atoms with E-state index in [0.29, 0.717) is 32.6 Å². The molecule has 196 valence electrons. The summed E-state index contributed by atoms with van der Waals surface area (Å²) in [5, 5.41) is 4.85. The molecule has 0 spiro atoms. The molecule has 3 aromatic carbocycles. The summed E-state index contributed by atoms with van der Waals surface area (Å²) in [6.07, 6.45) is 4.81. The smallest absolute Gasteiger partial charge is 0.306 e. The highest BCUT2D eigenvalue weighted by Gasteiger charge is 2.14. The molecule has 0 aliphatic rings. The number of ether oxygens (including phenoxy) is 2. The van der Waals surface area contributed by atoms with Gasteiger partial charge in [-0.05, 0) is 48.2 Å². The molecule has 0 radical (unpaired) electrons. The number of esters is 1. The van der Waals surface area contributed by atoms with Crippen LogP contribution >= 0.6 is 0 Å². The Morgan fingerprint density at radius 3 is 2.21 bits per heavy atom. The fraction of sp³-hybridized carbons (Fsp3) is 0.182. The number of aromatic nitrogens is 3. The van der Waals surface area contributed by atoms with E-state index in [2.05, 4.69) is 23.2 Å². The molecule has 5 aromatic rings. The van der Waals surface area contributed by atoms with E-state index in [1.54, 1.807) is 0 Å². The Kier molecular flexibility index (Phi) is 8.44. The van der Waals surface area contributed by atoms with Gasteiger partial charge in [0.05, 0.1) is 24.5 Å². The third-order valence-corrected chi connectivity index (χ3v) is 6.37. The minimum absolute atomic E-state index is 0.192. The topological polar surface area (TPSA) is 66.2 Å². The van der Waals surface area contributed by atoms with Crippen LogP contribution in [0.3, 0.4) is 0 Å². The van der Waals surface area contributed by atoms with Gasteiger partial charge in [-0.2, -0.15) is 5.10 Å². The third-order valence-electron chi connectivity index (χ3n) is 6.37. The maximum absolute atomic E-state index is 11.9. The molecule has 0 saturated carbocycles. The predicted octanol–water partition coefficient (Wildman–Crippen LogP) is 6.74. The van der Waals surface area contributed by atoms with Crippen LogP contribution in [0.4, 0.5) is 0 Å². The summed E-state index contributed by atoms with van der Waals surface area (Å²) in [7, 11) is 0. The second-order valence-electron chi connectivity index (χ2n) is 9.21. The quantitative estimate of drug-likeness (QED) is 0.182. The van der Waals surface area contributed by atoms with Gasteiger partial charge < -0.3 is 9.47 Å².